The summed E-state index contributed by atoms with van der Waals surface area (Å²) in [6, 6.07) is 18.8. The Morgan fingerprint density at radius 3 is 2.73 bits per heavy atom. The van der Waals surface area contributed by atoms with Crippen LogP contribution in [0.4, 0.5) is 10.5 Å². The molecule has 0 aliphatic carbocycles. The van der Waals surface area contributed by atoms with Gasteiger partial charge in [0.05, 0.1) is 17.6 Å². The molecule has 0 saturated heterocycles. The van der Waals surface area contributed by atoms with Gasteiger partial charge in [0.2, 0.25) is 0 Å². The molecule has 0 bridgehead atoms. The van der Waals surface area contributed by atoms with E-state index in [2.05, 4.69) is 15.5 Å². The lowest BCUT2D eigenvalue weighted by atomic mass is 10.1. The minimum absolute atomic E-state index is 0.612. The first-order valence-electron chi connectivity index (χ1n) is 6.73. The van der Waals surface area contributed by atoms with Gasteiger partial charge in [0.15, 0.2) is 0 Å². The summed E-state index contributed by atoms with van der Waals surface area (Å²) in [5.41, 5.74) is 1.29. The van der Waals surface area contributed by atoms with Crippen molar-refractivity contribution in [2.24, 2.45) is 5.16 Å². The van der Waals surface area contributed by atoms with Crippen molar-refractivity contribution in [3.63, 3.8) is 0 Å². The molecule has 0 unspecified atom stereocenters. The molecule has 0 atom stereocenters. The van der Waals surface area contributed by atoms with Gasteiger partial charge in [0.1, 0.15) is 0 Å². The Bertz CT molecular complexity index is 811. The summed E-state index contributed by atoms with van der Waals surface area (Å²) in [5.74, 6) is 0. The summed E-state index contributed by atoms with van der Waals surface area (Å²) < 4.78 is 0. The Morgan fingerprint density at radius 1 is 1.05 bits per heavy atom. The topological polar surface area (TPSA) is 63.6 Å². The number of pyridine rings is 1. The van der Waals surface area contributed by atoms with Crippen LogP contribution in [0.15, 0.2) is 72.0 Å². The van der Waals surface area contributed by atoms with E-state index in [4.69, 9.17) is 4.84 Å². The van der Waals surface area contributed by atoms with E-state index in [1.54, 1.807) is 18.3 Å². The second kappa shape index (κ2) is 6.49. The van der Waals surface area contributed by atoms with Gasteiger partial charge < -0.3 is 0 Å². The number of hydrogen-bond acceptors (Lipinski definition) is 4. The van der Waals surface area contributed by atoms with Crippen LogP contribution in [0.25, 0.3) is 10.8 Å². The molecular formula is C17H13N3O2. The van der Waals surface area contributed by atoms with Crippen LogP contribution in [0.2, 0.25) is 0 Å². The van der Waals surface area contributed by atoms with E-state index in [0.717, 1.165) is 10.8 Å². The van der Waals surface area contributed by atoms with Crippen molar-refractivity contribution in [2.75, 3.05) is 5.32 Å². The zero-order chi connectivity index (χ0) is 15.2. The molecule has 0 radical (unpaired) electrons. The Balaban J connectivity index is 1.67. The number of nitrogens with zero attached hydrogens (tertiary/aromatic N) is 2. The molecule has 0 spiro atoms. The fourth-order valence-electron chi connectivity index (χ4n) is 2.05. The van der Waals surface area contributed by atoms with Crippen LogP contribution in [0.3, 0.4) is 0 Å². The molecule has 5 nitrogen and oxygen atoms in total. The standard InChI is InChI=1S/C17H13N3O2/c21-17(22-19-12-14-8-3-4-11-18-14)20-16-10-5-7-13-6-1-2-9-15(13)16/h1-12H,(H,20,21). The number of carbonyl (C=O) groups excluding carboxylic acids is 1. The average molecular weight is 291 g/mol. The van der Waals surface area contributed by atoms with Gasteiger partial charge in [-0.05, 0) is 23.6 Å². The van der Waals surface area contributed by atoms with Crippen LogP contribution in [0.1, 0.15) is 5.69 Å². The molecule has 0 fully saturated rings. The predicted octanol–water partition coefficient (Wildman–Crippen LogP) is 3.82. The summed E-state index contributed by atoms with van der Waals surface area (Å²) in [6.45, 7) is 0. The normalized spacial score (nSPS) is 10.7. The number of amides is 1. The van der Waals surface area contributed by atoms with Crippen molar-refractivity contribution in [3.05, 3.63) is 72.6 Å². The molecule has 108 valence electrons. The molecule has 1 amide bonds. The van der Waals surface area contributed by atoms with E-state index < -0.39 is 6.09 Å². The molecule has 0 aliphatic rings. The summed E-state index contributed by atoms with van der Waals surface area (Å²) in [7, 11) is 0. The van der Waals surface area contributed by atoms with E-state index in [9.17, 15) is 4.79 Å². The third-order valence-corrected chi connectivity index (χ3v) is 3.03. The summed E-state index contributed by atoms with van der Waals surface area (Å²) >= 11 is 0. The van der Waals surface area contributed by atoms with Gasteiger partial charge in [-0.15, -0.1) is 0 Å². The molecule has 1 heterocycles. The van der Waals surface area contributed by atoms with Gasteiger partial charge in [-0.25, -0.2) is 4.79 Å². The van der Waals surface area contributed by atoms with Crippen molar-refractivity contribution in [2.45, 2.75) is 0 Å². The lowest BCUT2D eigenvalue weighted by molar-refractivity contribution is 0.167. The number of rotatable bonds is 3. The van der Waals surface area contributed by atoms with Crippen LogP contribution in [0, 0.1) is 0 Å². The van der Waals surface area contributed by atoms with Crippen molar-refractivity contribution in [1.29, 1.82) is 0 Å². The molecule has 0 saturated carbocycles. The lowest BCUT2D eigenvalue weighted by Crippen LogP contribution is -2.11. The van der Waals surface area contributed by atoms with Crippen LogP contribution < -0.4 is 5.32 Å². The Hall–Kier alpha value is -3.21. The number of hydrogen-bond donors (Lipinski definition) is 1. The first-order valence-corrected chi connectivity index (χ1v) is 6.73. The third kappa shape index (κ3) is 3.27. The molecule has 1 aromatic heterocycles. The fourth-order valence-corrected chi connectivity index (χ4v) is 2.05. The molecule has 1 N–H and O–H groups in total. The number of benzene rings is 2. The summed E-state index contributed by atoms with van der Waals surface area (Å²) in [5, 5.41) is 8.27. The Labute approximate surface area is 127 Å². The van der Waals surface area contributed by atoms with E-state index >= 15 is 0 Å². The molecule has 0 aliphatic heterocycles. The number of carbonyl (C=O) groups is 1. The highest BCUT2D eigenvalue weighted by Crippen LogP contribution is 2.22. The maximum absolute atomic E-state index is 11.8. The van der Waals surface area contributed by atoms with Gasteiger partial charge in [-0.3, -0.25) is 15.1 Å². The SMILES string of the molecule is O=C(Nc1cccc2ccccc12)ON=Cc1ccccn1. The monoisotopic (exact) mass is 291 g/mol. The van der Waals surface area contributed by atoms with Crippen molar-refractivity contribution in [3.8, 4) is 0 Å². The molecule has 3 aromatic rings. The lowest BCUT2D eigenvalue weighted by Gasteiger charge is -2.06. The Morgan fingerprint density at radius 2 is 1.86 bits per heavy atom. The van der Waals surface area contributed by atoms with Gasteiger partial charge in [0, 0.05) is 11.6 Å². The van der Waals surface area contributed by atoms with Gasteiger partial charge in [-0.2, -0.15) is 0 Å². The van der Waals surface area contributed by atoms with E-state index in [1.807, 2.05) is 48.5 Å². The van der Waals surface area contributed by atoms with E-state index in [-0.39, 0.29) is 0 Å². The second-order valence-corrected chi connectivity index (χ2v) is 4.52. The smallest absolute Gasteiger partial charge is 0.298 e. The third-order valence-electron chi connectivity index (χ3n) is 3.03. The van der Waals surface area contributed by atoms with Crippen molar-refractivity contribution < 1.29 is 9.63 Å². The minimum atomic E-state index is -0.650. The molecule has 3 rings (SSSR count). The fraction of sp³-hybridized carbons (Fsp3) is 0. The van der Waals surface area contributed by atoms with Crippen LogP contribution in [0.5, 0.6) is 0 Å². The maximum atomic E-state index is 11.8. The van der Waals surface area contributed by atoms with Crippen LogP contribution >= 0.6 is 0 Å². The summed E-state index contributed by atoms with van der Waals surface area (Å²) in [4.78, 5) is 20.6. The van der Waals surface area contributed by atoms with Crippen LogP contribution in [-0.4, -0.2) is 17.3 Å². The number of anilines is 1. The highest BCUT2D eigenvalue weighted by Gasteiger charge is 2.05. The highest BCUT2D eigenvalue weighted by molar-refractivity contribution is 6.00. The highest BCUT2D eigenvalue weighted by atomic mass is 16.7. The number of nitrogens with one attached hydrogen (secondary N) is 1. The first-order chi connectivity index (χ1) is 10.8. The van der Waals surface area contributed by atoms with Crippen molar-refractivity contribution >= 4 is 28.8 Å². The number of oxime groups is 1. The zero-order valence-corrected chi connectivity index (χ0v) is 11.6. The van der Waals surface area contributed by atoms with Crippen molar-refractivity contribution in [1.82, 2.24) is 4.98 Å². The van der Waals surface area contributed by atoms with Gasteiger partial charge >= 0.3 is 6.09 Å². The van der Waals surface area contributed by atoms with Gasteiger partial charge in [0.25, 0.3) is 0 Å². The Kier molecular flexibility index (Phi) is 4.06. The number of fused-ring (bicyclic) bond motifs is 1. The molecule has 2 aromatic carbocycles. The second-order valence-electron chi connectivity index (χ2n) is 4.52. The van der Waals surface area contributed by atoms with Crippen LogP contribution in [-0.2, 0) is 4.84 Å². The largest absolute Gasteiger partial charge is 0.437 e. The summed E-state index contributed by atoms with van der Waals surface area (Å²) in [6.07, 6.45) is 2.36. The molecule has 22 heavy (non-hydrogen) atoms. The average Bonchev–Trinajstić information content (AvgIpc) is 2.56. The maximum Gasteiger partial charge on any atom is 0.437 e. The van der Waals surface area contributed by atoms with E-state index in [0.29, 0.717) is 11.4 Å². The minimum Gasteiger partial charge on any atom is -0.298 e. The molecule has 5 heteroatoms. The number of aromatic nitrogens is 1. The predicted molar refractivity (Wildman–Crippen MR) is 85.9 cm³/mol. The molecular weight excluding hydrogens is 278 g/mol. The van der Waals surface area contributed by atoms with E-state index in [1.165, 1.54) is 6.21 Å². The van der Waals surface area contributed by atoms with Gasteiger partial charge in [-0.1, -0.05) is 47.6 Å². The zero-order valence-electron chi connectivity index (χ0n) is 11.6. The first kappa shape index (κ1) is 13.8. The quantitative estimate of drug-likeness (QED) is 0.453.